The van der Waals surface area contributed by atoms with Gasteiger partial charge in [0, 0.05) is 0 Å². The van der Waals surface area contributed by atoms with E-state index in [9.17, 15) is 19.5 Å². The van der Waals surface area contributed by atoms with Crippen LogP contribution in [0.3, 0.4) is 0 Å². The number of phenols is 1. The SMILES string of the molecule is C[C@@H](NC(=O)[C@@H](N)Cc1ccc(O)cc1)C(=O)NCC(=O)NC1CCc2ccccc21. The molecule has 3 amide bonds. The minimum atomic E-state index is -0.842. The quantitative estimate of drug-likeness (QED) is 0.425. The van der Waals surface area contributed by atoms with Gasteiger partial charge in [0.2, 0.25) is 17.7 Å². The highest BCUT2D eigenvalue weighted by molar-refractivity contribution is 5.91. The maximum atomic E-state index is 12.3. The Morgan fingerprint density at radius 1 is 1.10 bits per heavy atom. The van der Waals surface area contributed by atoms with Crippen molar-refractivity contribution in [2.75, 3.05) is 6.54 Å². The Kier molecular flexibility index (Phi) is 7.25. The molecule has 2 aromatic rings. The van der Waals surface area contributed by atoms with E-state index in [1.165, 1.54) is 24.6 Å². The first-order valence-electron chi connectivity index (χ1n) is 10.3. The third-order valence-corrected chi connectivity index (χ3v) is 5.37. The first-order valence-corrected chi connectivity index (χ1v) is 10.3. The zero-order chi connectivity index (χ0) is 22.4. The van der Waals surface area contributed by atoms with Crippen molar-refractivity contribution in [1.82, 2.24) is 16.0 Å². The Labute approximate surface area is 181 Å². The fraction of sp³-hybridized carbons (Fsp3) is 0.348. The fourth-order valence-corrected chi connectivity index (χ4v) is 3.64. The summed E-state index contributed by atoms with van der Waals surface area (Å²) in [5.74, 6) is -1.08. The Morgan fingerprint density at radius 3 is 2.55 bits per heavy atom. The fourth-order valence-electron chi connectivity index (χ4n) is 3.64. The number of carbonyl (C=O) groups is 3. The van der Waals surface area contributed by atoms with Gasteiger partial charge < -0.3 is 26.8 Å². The molecule has 31 heavy (non-hydrogen) atoms. The van der Waals surface area contributed by atoms with Crippen LogP contribution in [-0.4, -0.2) is 41.5 Å². The van der Waals surface area contributed by atoms with Crippen LogP contribution < -0.4 is 21.7 Å². The van der Waals surface area contributed by atoms with Crippen molar-refractivity contribution in [3.63, 3.8) is 0 Å². The summed E-state index contributed by atoms with van der Waals surface area (Å²) in [7, 11) is 0. The monoisotopic (exact) mass is 424 g/mol. The molecule has 2 aromatic carbocycles. The van der Waals surface area contributed by atoms with Gasteiger partial charge in [0.15, 0.2) is 0 Å². The minimum Gasteiger partial charge on any atom is -0.508 e. The first-order chi connectivity index (χ1) is 14.8. The van der Waals surface area contributed by atoms with Gasteiger partial charge in [0.1, 0.15) is 11.8 Å². The van der Waals surface area contributed by atoms with Crippen LogP contribution in [0.1, 0.15) is 36.1 Å². The van der Waals surface area contributed by atoms with E-state index in [0.29, 0.717) is 0 Å². The summed E-state index contributed by atoms with van der Waals surface area (Å²) in [6.07, 6.45) is 2.02. The highest BCUT2D eigenvalue weighted by Gasteiger charge is 2.24. The molecule has 0 heterocycles. The van der Waals surface area contributed by atoms with Gasteiger partial charge >= 0.3 is 0 Å². The summed E-state index contributed by atoms with van der Waals surface area (Å²) in [5.41, 5.74) is 9.06. The summed E-state index contributed by atoms with van der Waals surface area (Å²) in [6.45, 7) is 1.36. The number of benzene rings is 2. The molecule has 1 aliphatic carbocycles. The molecule has 0 fully saturated rings. The topological polar surface area (TPSA) is 134 Å². The molecule has 1 unspecified atom stereocenters. The van der Waals surface area contributed by atoms with Crippen LogP contribution in [0.5, 0.6) is 5.75 Å². The number of nitrogens with one attached hydrogen (secondary N) is 3. The van der Waals surface area contributed by atoms with Gasteiger partial charge in [-0.2, -0.15) is 0 Å². The molecule has 8 nitrogen and oxygen atoms in total. The van der Waals surface area contributed by atoms with Crippen molar-refractivity contribution in [3.8, 4) is 5.75 Å². The number of hydrogen-bond donors (Lipinski definition) is 5. The van der Waals surface area contributed by atoms with Gasteiger partial charge in [-0.3, -0.25) is 14.4 Å². The van der Waals surface area contributed by atoms with Crippen LogP contribution in [-0.2, 0) is 27.2 Å². The molecular weight excluding hydrogens is 396 g/mol. The lowest BCUT2D eigenvalue weighted by Gasteiger charge is -2.18. The molecule has 8 heteroatoms. The Bertz CT molecular complexity index is 945. The van der Waals surface area contributed by atoms with Crippen molar-refractivity contribution < 1.29 is 19.5 Å². The molecule has 164 valence electrons. The van der Waals surface area contributed by atoms with Crippen molar-refractivity contribution in [1.29, 1.82) is 0 Å². The summed E-state index contributed by atoms with van der Waals surface area (Å²) in [5, 5.41) is 17.4. The zero-order valence-corrected chi connectivity index (χ0v) is 17.4. The van der Waals surface area contributed by atoms with Crippen molar-refractivity contribution in [2.24, 2.45) is 5.73 Å². The smallest absolute Gasteiger partial charge is 0.242 e. The van der Waals surface area contributed by atoms with Gasteiger partial charge in [0.25, 0.3) is 0 Å². The van der Waals surface area contributed by atoms with E-state index in [4.69, 9.17) is 5.73 Å². The third kappa shape index (κ3) is 6.05. The highest BCUT2D eigenvalue weighted by atomic mass is 16.3. The lowest BCUT2D eigenvalue weighted by molar-refractivity contribution is -0.130. The van der Waals surface area contributed by atoms with E-state index in [1.807, 2.05) is 18.2 Å². The Morgan fingerprint density at radius 2 is 1.81 bits per heavy atom. The number of phenolic OH excluding ortho intramolecular Hbond substituents is 1. The normalized spacial score (nSPS) is 16.6. The molecule has 0 radical (unpaired) electrons. The minimum absolute atomic E-state index is 0.0457. The first kappa shape index (κ1) is 22.3. The molecule has 6 N–H and O–H groups in total. The van der Waals surface area contributed by atoms with Crippen LogP contribution in [0, 0.1) is 0 Å². The lowest BCUT2D eigenvalue weighted by atomic mass is 10.1. The third-order valence-electron chi connectivity index (χ3n) is 5.37. The van der Waals surface area contributed by atoms with Crippen LogP contribution >= 0.6 is 0 Å². The Balaban J connectivity index is 1.41. The molecule has 3 atom stereocenters. The maximum Gasteiger partial charge on any atom is 0.242 e. The van der Waals surface area contributed by atoms with Crippen molar-refractivity contribution in [3.05, 3.63) is 65.2 Å². The van der Waals surface area contributed by atoms with Crippen LogP contribution in [0.4, 0.5) is 0 Å². The molecule has 0 aliphatic heterocycles. The second kappa shape index (κ2) is 10.1. The standard InChI is InChI=1S/C23H28N4O4/c1-14(26-23(31)19(24)12-15-6-9-17(28)10-7-15)22(30)25-13-21(29)27-20-11-8-16-4-2-3-5-18(16)20/h2-7,9-10,14,19-20,28H,8,11-13,24H2,1H3,(H,25,30)(H,26,31)(H,27,29)/t14-,19+,20?/m1/s1. The number of hydrogen-bond acceptors (Lipinski definition) is 5. The van der Waals surface area contributed by atoms with Gasteiger partial charge in [-0.25, -0.2) is 0 Å². The summed E-state index contributed by atoms with van der Waals surface area (Å²) in [4.78, 5) is 36.8. The number of fused-ring (bicyclic) bond motifs is 1. The van der Waals surface area contributed by atoms with Gasteiger partial charge in [-0.1, -0.05) is 36.4 Å². The molecule has 3 rings (SSSR count). The number of nitrogens with two attached hydrogens (primary N) is 1. The number of amides is 3. The van der Waals surface area contributed by atoms with Crippen molar-refractivity contribution in [2.45, 2.75) is 44.3 Å². The van der Waals surface area contributed by atoms with E-state index >= 15 is 0 Å². The number of rotatable bonds is 8. The second-order valence-corrected chi connectivity index (χ2v) is 7.78. The van der Waals surface area contributed by atoms with Crippen LogP contribution in [0.15, 0.2) is 48.5 Å². The lowest BCUT2D eigenvalue weighted by Crippen LogP contribution is -2.52. The van der Waals surface area contributed by atoms with E-state index < -0.39 is 23.9 Å². The number of aromatic hydroxyl groups is 1. The molecule has 0 bridgehead atoms. The maximum absolute atomic E-state index is 12.3. The van der Waals surface area contributed by atoms with Crippen molar-refractivity contribution >= 4 is 17.7 Å². The largest absolute Gasteiger partial charge is 0.508 e. The Hall–Kier alpha value is -3.39. The van der Waals surface area contributed by atoms with Crippen LogP contribution in [0.25, 0.3) is 0 Å². The highest BCUT2D eigenvalue weighted by Crippen LogP contribution is 2.30. The molecule has 0 saturated heterocycles. The summed E-state index contributed by atoms with van der Waals surface area (Å²) in [6, 6.07) is 12.7. The van der Waals surface area contributed by atoms with Gasteiger partial charge in [-0.15, -0.1) is 0 Å². The second-order valence-electron chi connectivity index (χ2n) is 7.78. The van der Waals surface area contributed by atoms with E-state index in [2.05, 4.69) is 22.0 Å². The molecule has 0 saturated carbocycles. The molecule has 1 aliphatic rings. The van der Waals surface area contributed by atoms with E-state index in [0.717, 1.165) is 24.0 Å². The number of aryl methyl sites for hydroxylation is 1. The predicted molar refractivity (Wildman–Crippen MR) is 116 cm³/mol. The zero-order valence-electron chi connectivity index (χ0n) is 17.4. The van der Waals surface area contributed by atoms with E-state index in [1.54, 1.807) is 12.1 Å². The average molecular weight is 425 g/mol. The molecule has 0 spiro atoms. The van der Waals surface area contributed by atoms with Gasteiger partial charge in [0.05, 0.1) is 18.6 Å². The molecule has 0 aromatic heterocycles. The predicted octanol–water partition coefficient (Wildman–Crippen LogP) is 0.687. The summed E-state index contributed by atoms with van der Waals surface area (Å²) >= 11 is 0. The average Bonchev–Trinajstić information content (AvgIpc) is 3.16. The molecular formula is C23H28N4O4. The van der Waals surface area contributed by atoms with Crippen LogP contribution in [0.2, 0.25) is 0 Å². The van der Waals surface area contributed by atoms with E-state index in [-0.39, 0.29) is 30.7 Å². The van der Waals surface area contributed by atoms with Gasteiger partial charge in [-0.05, 0) is 55.0 Å². The number of carbonyl (C=O) groups excluding carboxylic acids is 3. The summed E-state index contributed by atoms with van der Waals surface area (Å²) < 4.78 is 0.